The summed E-state index contributed by atoms with van der Waals surface area (Å²) in [4.78, 5) is 56.6. The normalized spacial score (nSPS) is 16.9. The third-order valence-electron chi connectivity index (χ3n) is 10.1. The van der Waals surface area contributed by atoms with E-state index in [4.69, 9.17) is 0 Å². The van der Waals surface area contributed by atoms with Gasteiger partial charge in [-0.05, 0) is 85.9 Å². The Morgan fingerprint density at radius 1 is 0.944 bits per heavy atom. The molecule has 4 N–H and O–H groups in total. The van der Waals surface area contributed by atoms with E-state index >= 15 is 0 Å². The van der Waals surface area contributed by atoms with Crippen LogP contribution in [-0.2, 0) is 20.8 Å². The molecule has 2 aromatic carbocycles. The van der Waals surface area contributed by atoms with Gasteiger partial charge in [-0.15, -0.1) is 11.3 Å². The van der Waals surface area contributed by atoms with Crippen molar-refractivity contribution in [1.82, 2.24) is 30.5 Å². The van der Waals surface area contributed by atoms with E-state index < -0.39 is 23.6 Å². The molecule has 1 fully saturated rings. The number of carbonyl (C=O) groups is 3. The van der Waals surface area contributed by atoms with Gasteiger partial charge in [0.15, 0.2) is 5.82 Å². The molecule has 4 aromatic rings. The maximum atomic E-state index is 14.0. The Labute approximate surface area is 322 Å². The standard InChI is InChI=1S/C42H54N6O5S/c1-26-20-32(49)18-19-34(26)39-43-22-29(23-44-39)12-10-8-7-9-11-13-36(51)47-38(42(4,5)6)41(53)48-24-33(50)21-35(48)40(52)46-27(2)30-14-16-31(17-15-30)37-28(3)45-25-54-37/h14-20,22-23,25,27,33,35,38,49-50H,7-13,21,24H2,1-6H3,(H,46,52)(H,47,51)/t27-,33+,35-,38+/m0/s1. The van der Waals surface area contributed by atoms with Gasteiger partial charge in [-0.1, -0.05) is 64.3 Å². The molecule has 0 aliphatic carbocycles. The van der Waals surface area contributed by atoms with Crippen molar-refractivity contribution in [3.05, 3.63) is 82.8 Å². The number of amides is 3. The van der Waals surface area contributed by atoms with Crippen LogP contribution in [0.2, 0.25) is 0 Å². The number of likely N-dealkylation sites (tertiary alicyclic amines) is 1. The number of thiazole rings is 1. The van der Waals surface area contributed by atoms with Crippen molar-refractivity contribution in [3.8, 4) is 27.6 Å². The van der Waals surface area contributed by atoms with Gasteiger partial charge in [0.25, 0.3) is 0 Å². The number of aliphatic hydroxyl groups is 1. The number of aryl methyl sites for hydroxylation is 3. The van der Waals surface area contributed by atoms with Crippen LogP contribution in [0.5, 0.6) is 5.75 Å². The first-order chi connectivity index (χ1) is 25.7. The minimum atomic E-state index is -0.850. The molecular formula is C42H54N6O5S. The number of nitrogens with zero attached hydrogens (tertiary/aromatic N) is 4. The maximum Gasteiger partial charge on any atom is 0.246 e. The first kappa shape index (κ1) is 40.5. The van der Waals surface area contributed by atoms with Crippen LogP contribution >= 0.6 is 11.3 Å². The smallest absolute Gasteiger partial charge is 0.246 e. The number of carbonyl (C=O) groups excluding carboxylic acids is 3. The van der Waals surface area contributed by atoms with E-state index in [0.717, 1.165) is 70.5 Å². The minimum absolute atomic E-state index is 0.0327. The van der Waals surface area contributed by atoms with E-state index in [-0.39, 0.29) is 42.5 Å². The molecule has 54 heavy (non-hydrogen) atoms. The van der Waals surface area contributed by atoms with Crippen LogP contribution in [0.3, 0.4) is 0 Å². The Morgan fingerprint density at radius 3 is 2.28 bits per heavy atom. The predicted molar refractivity (Wildman–Crippen MR) is 212 cm³/mol. The zero-order valence-corrected chi connectivity index (χ0v) is 33.1. The fourth-order valence-corrected chi connectivity index (χ4v) is 7.73. The van der Waals surface area contributed by atoms with Crippen molar-refractivity contribution >= 4 is 29.1 Å². The highest BCUT2D eigenvalue weighted by Gasteiger charge is 2.44. The Hall–Kier alpha value is -4.68. The summed E-state index contributed by atoms with van der Waals surface area (Å²) in [6.07, 6.45) is 8.77. The number of benzene rings is 2. The number of hydrogen-bond donors (Lipinski definition) is 4. The van der Waals surface area contributed by atoms with Crippen molar-refractivity contribution in [2.24, 2.45) is 5.41 Å². The van der Waals surface area contributed by atoms with Crippen molar-refractivity contribution in [2.75, 3.05) is 6.54 Å². The summed E-state index contributed by atoms with van der Waals surface area (Å²) in [5, 5.41) is 26.3. The molecule has 1 aliphatic heterocycles. The second-order valence-electron chi connectivity index (χ2n) is 15.6. The highest BCUT2D eigenvalue weighted by atomic mass is 32.1. The third-order valence-corrected chi connectivity index (χ3v) is 11.1. The van der Waals surface area contributed by atoms with Crippen molar-refractivity contribution in [1.29, 1.82) is 0 Å². The Morgan fingerprint density at radius 2 is 1.63 bits per heavy atom. The second kappa shape index (κ2) is 18.1. The maximum absolute atomic E-state index is 14.0. The summed E-state index contributed by atoms with van der Waals surface area (Å²) in [6, 6.07) is 11.1. The molecule has 5 rings (SSSR count). The number of rotatable bonds is 15. The van der Waals surface area contributed by atoms with Crippen LogP contribution in [0, 0.1) is 19.3 Å². The van der Waals surface area contributed by atoms with Crippen LogP contribution < -0.4 is 10.6 Å². The molecule has 3 amide bonds. The Balaban J connectivity index is 1.06. The lowest BCUT2D eigenvalue weighted by molar-refractivity contribution is -0.144. The second-order valence-corrected chi connectivity index (χ2v) is 16.4. The van der Waals surface area contributed by atoms with Gasteiger partial charge in [-0.2, -0.15) is 0 Å². The van der Waals surface area contributed by atoms with Crippen LogP contribution in [0.4, 0.5) is 0 Å². The molecule has 11 nitrogen and oxygen atoms in total. The number of nitrogens with one attached hydrogen (secondary N) is 2. The van der Waals surface area contributed by atoms with E-state index in [0.29, 0.717) is 18.7 Å². The molecule has 1 saturated heterocycles. The minimum Gasteiger partial charge on any atom is -0.508 e. The molecule has 12 heteroatoms. The number of phenolic OH excluding ortho intramolecular Hbond substituents is 1. The van der Waals surface area contributed by atoms with Gasteiger partial charge in [0.05, 0.1) is 28.2 Å². The summed E-state index contributed by atoms with van der Waals surface area (Å²) >= 11 is 1.59. The summed E-state index contributed by atoms with van der Waals surface area (Å²) in [5.41, 5.74) is 7.06. The number of unbranched alkanes of at least 4 members (excludes halogenated alkanes) is 4. The first-order valence-electron chi connectivity index (χ1n) is 18.9. The summed E-state index contributed by atoms with van der Waals surface area (Å²) < 4.78 is 0. The van der Waals surface area contributed by atoms with Crippen LogP contribution in [0.25, 0.3) is 21.8 Å². The van der Waals surface area contributed by atoms with Gasteiger partial charge in [-0.3, -0.25) is 14.4 Å². The number of phenols is 1. The van der Waals surface area contributed by atoms with Crippen LogP contribution in [0.15, 0.2) is 60.4 Å². The van der Waals surface area contributed by atoms with E-state index in [2.05, 4.69) is 25.6 Å². The van der Waals surface area contributed by atoms with Gasteiger partial charge in [0.2, 0.25) is 17.7 Å². The number of hydrogen-bond acceptors (Lipinski definition) is 9. The largest absolute Gasteiger partial charge is 0.508 e. The monoisotopic (exact) mass is 754 g/mol. The van der Waals surface area contributed by atoms with E-state index in [1.54, 1.807) is 23.5 Å². The Kier molecular flexibility index (Phi) is 13.6. The lowest BCUT2D eigenvalue weighted by Gasteiger charge is -2.35. The molecule has 0 bridgehead atoms. The molecule has 3 heterocycles. The van der Waals surface area contributed by atoms with Gasteiger partial charge in [0, 0.05) is 37.3 Å². The van der Waals surface area contributed by atoms with Gasteiger partial charge >= 0.3 is 0 Å². The highest BCUT2D eigenvalue weighted by molar-refractivity contribution is 7.13. The SMILES string of the molecule is Cc1cc(O)ccc1-c1ncc(CCCCCCCC(=O)N[C@H](C(=O)N2C[C@H](O)C[C@H]2C(=O)N[C@@H](C)c2ccc(-c3scnc3C)cc2)C(C)(C)C)cn1. The lowest BCUT2D eigenvalue weighted by Crippen LogP contribution is -2.57. The quantitative estimate of drug-likeness (QED) is 0.0961. The molecule has 0 saturated carbocycles. The van der Waals surface area contributed by atoms with E-state index in [9.17, 15) is 24.6 Å². The fraction of sp³-hybridized carbons (Fsp3) is 0.476. The van der Waals surface area contributed by atoms with E-state index in [1.165, 1.54) is 4.90 Å². The molecule has 2 aromatic heterocycles. The van der Waals surface area contributed by atoms with Crippen LogP contribution in [-0.4, -0.2) is 72.5 Å². The van der Waals surface area contributed by atoms with Crippen molar-refractivity contribution in [2.45, 2.75) is 117 Å². The average Bonchev–Trinajstić information content (AvgIpc) is 3.75. The lowest BCUT2D eigenvalue weighted by atomic mass is 9.85. The van der Waals surface area contributed by atoms with Crippen molar-refractivity contribution in [3.63, 3.8) is 0 Å². The van der Waals surface area contributed by atoms with Gasteiger partial charge < -0.3 is 25.7 Å². The van der Waals surface area contributed by atoms with Crippen molar-refractivity contribution < 1.29 is 24.6 Å². The van der Waals surface area contributed by atoms with Gasteiger partial charge in [0.1, 0.15) is 17.8 Å². The molecule has 4 atom stereocenters. The topological polar surface area (TPSA) is 158 Å². The molecular weight excluding hydrogens is 701 g/mol. The average molecular weight is 755 g/mol. The van der Waals surface area contributed by atoms with Gasteiger partial charge in [-0.25, -0.2) is 15.0 Å². The first-order valence-corrected chi connectivity index (χ1v) is 19.8. The Bertz CT molecular complexity index is 1890. The summed E-state index contributed by atoms with van der Waals surface area (Å²) in [5.74, 6) is -0.0304. The molecule has 288 valence electrons. The number of aromatic hydroxyl groups is 1. The van der Waals surface area contributed by atoms with E-state index in [1.807, 2.05) is 89.8 Å². The highest BCUT2D eigenvalue weighted by Crippen LogP contribution is 2.30. The number of aliphatic hydroxyl groups excluding tert-OH is 1. The zero-order chi connectivity index (χ0) is 39.0. The molecule has 0 spiro atoms. The molecule has 0 unspecified atom stereocenters. The zero-order valence-electron chi connectivity index (χ0n) is 32.3. The fourth-order valence-electron chi connectivity index (χ4n) is 6.92. The molecule has 1 aliphatic rings. The number of β-amino-alcohol motifs (C(OH)–C–C–N with tert-alkyl or cyclic N) is 1. The third kappa shape index (κ3) is 10.5. The predicted octanol–water partition coefficient (Wildman–Crippen LogP) is 6.84. The summed E-state index contributed by atoms with van der Waals surface area (Å²) in [7, 11) is 0. The summed E-state index contributed by atoms with van der Waals surface area (Å²) in [6.45, 7) is 11.5. The molecule has 0 radical (unpaired) electrons. The number of aromatic nitrogens is 3. The van der Waals surface area contributed by atoms with Crippen LogP contribution in [0.1, 0.15) is 101 Å².